The molecule has 1 unspecified atom stereocenters. The van der Waals surface area contributed by atoms with Crippen LogP contribution in [-0.2, 0) is 5.41 Å². The molecule has 2 aliphatic rings. The molecule has 0 fully saturated rings. The van der Waals surface area contributed by atoms with Crippen molar-refractivity contribution in [1.29, 1.82) is 0 Å². The van der Waals surface area contributed by atoms with E-state index in [4.69, 9.17) is 27.7 Å². The number of anilines is 4. The predicted molar refractivity (Wildman–Crippen MR) is 121 cm³/mol. The Hall–Kier alpha value is -4.12. The van der Waals surface area contributed by atoms with Crippen LogP contribution in [-0.4, -0.2) is 0 Å². The molecule has 30 heavy (non-hydrogen) atoms. The van der Waals surface area contributed by atoms with Crippen molar-refractivity contribution < 1.29 is 4.74 Å². The molecule has 1 atom stereocenters. The number of hydrogen-bond acceptors (Lipinski definition) is 5. The molecule has 146 valence electrons. The summed E-state index contributed by atoms with van der Waals surface area (Å²) in [4.78, 5) is 0. The summed E-state index contributed by atoms with van der Waals surface area (Å²) in [5, 5.41) is 0. The summed E-state index contributed by atoms with van der Waals surface area (Å²) < 4.78 is 6.29. The normalized spacial score (nSPS) is 17.6. The summed E-state index contributed by atoms with van der Waals surface area (Å²) in [6.45, 7) is 0. The lowest BCUT2D eigenvalue weighted by Crippen LogP contribution is -2.32. The lowest BCUT2D eigenvalue weighted by atomic mass is 9.66. The summed E-state index contributed by atoms with van der Waals surface area (Å²) in [5.41, 5.74) is 33.1. The van der Waals surface area contributed by atoms with Crippen molar-refractivity contribution >= 4 is 22.7 Å². The standard InChI is InChI=1S/C25H20N4O/c26-13-5-7-18-16(9-13)15-3-1-2-4-17(15)25(18)19-10-14(27)6-8-23(19)30-24-12-22(29)21(28)11-20(24)25/h1-12H,26-29H2. The Morgan fingerprint density at radius 2 is 1.20 bits per heavy atom. The number of nitrogens with two attached hydrogens (primary N) is 4. The highest BCUT2D eigenvalue weighted by atomic mass is 16.5. The van der Waals surface area contributed by atoms with Crippen molar-refractivity contribution in [1.82, 2.24) is 0 Å². The molecule has 0 aromatic heterocycles. The molecular formula is C25H20N4O. The Kier molecular flexibility index (Phi) is 3.07. The Bertz CT molecular complexity index is 1380. The van der Waals surface area contributed by atoms with Crippen molar-refractivity contribution in [2.75, 3.05) is 22.9 Å². The topological polar surface area (TPSA) is 113 Å². The van der Waals surface area contributed by atoms with Gasteiger partial charge in [-0.15, -0.1) is 0 Å². The van der Waals surface area contributed by atoms with E-state index in [1.54, 1.807) is 0 Å². The van der Waals surface area contributed by atoms with Crippen LogP contribution in [0.1, 0.15) is 22.3 Å². The van der Waals surface area contributed by atoms with Crippen LogP contribution in [0.15, 0.2) is 72.8 Å². The fraction of sp³-hybridized carbons (Fsp3) is 0.0400. The lowest BCUT2D eigenvalue weighted by molar-refractivity contribution is 0.437. The van der Waals surface area contributed by atoms with Crippen LogP contribution in [0.3, 0.4) is 0 Å². The zero-order chi connectivity index (χ0) is 20.6. The fourth-order valence-corrected chi connectivity index (χ4v) is 5.07. The van der Waals surface area contributed by atoms with Crippen LogP contribution in [0.4, 0.5) is 22.7 Å². The average molecular weight is 392 g/mol. The molecule has 4 aromatic carbocycles. The molecule has 0 saturated carbocycles. The average Bonchev–Trinajstić information content (AvgIpc) is 3.01. The molecule has 1 aliphatic heterocycles. The van der Waals surface area contributed by atoms with Crippen LogP contribution in [0, 0.1) is 0 Å². The number of nitrogen functional groups attached to an aromatic ring is 4. The van der Waals surface area contributed by atoms with E-state index in [0.717, 1.165) is 44.8 Å². The quantitative estimate of drug-likeness (QED) is 0.285. The molecule has 0 bridgehead atoms. The highest BCUT2D eigenvalue weighted by Crippen LogP contribution is 2.62. The minimum atomic E-state index is -0.625. The van der Waals surface area contributed by atoms with Crippen LogP contribution >= 0.6 is 0 Å². The van der Waals surface area contributed by atoms with E-state index in [2.05, 4.69) is 24.3 Å². The van der Waals surface area contributed by atoms with Gasteiger partial charge in [-0.1, -0.05) is 30.3 Å². The minimum absolute atomic E-state index is 0.492. The zero-order valence-electron chi connectivity index (χ0n) is 16.1. The summed E-state index contributed by atoms with van der Waals surface area (Å²) >= 11 is 0. The molecule has 5 nitrogen and oxygen atoms in total. The van der Waals surface area contributed by atoms with Crippen molar-refractivity contribution in [2.45, 2.75) is 5.41 Å². The summed E-state index contributed by atoms with van der Waals surface area (Å²) in [5.74, 6) is 1.44. The zero-order valence-corrected chi connectivity index (χ0v) is 16.1. The number of hydrogen-bond donors (Lipinski definition) is 4. The summed E-state index contributed by atoms with van der Waals surface area (Å²) in [7, 11) is 0. The first kappa shape index (κ1) is 16.8. The Morgan fingerprint density at radius 3 is 2.07 bits per heavy atom. The molecular weight excluding hydrogens is 372 g/mol. The fourth-order valence-electron chi connectivity index (χ4n) is 5.07. The molecule has 8 N–H and O–H groups in total. The highest BCUT2D eigenvalue weighted by molar-refractivity contribution is 5.91. The molecule has 0 radical (unpaired) electrons. The molecule has 1 aliphatic carbocycles. The van der Waals surface area contributed by atoms with Gasteiger partial charge in [0.25, 0.3) is 0 Å². The first-order chi connectivity index (χ1) is 14.5. The second kappa shape index (κ2) is 5.48. The SMILES string of the molecule is Nc1ccc2c(c1)-c1ccccc1C21c2cc(N)ccc2Oc2cc(N)c(N)cc21. The van der Waals surface area contributed by atoms with Crippen molar-refractivity contribution in [2.24, 2.45) is 0 Å². The van der Waals surface area contributed by atoms with Gasteiger partial charge in [0.15, 0.2) is 0 Å². The Morgan fingerprint density at radius 1 is 0.533 bits per heavy atom. The van der Waals surface area contributed by atoms with Gasteiger partial charge in [0, 0.05) is 28.6 Å². The van der Waals surface area contributed by atoms with E-state index in [0.29, 0.717) is 22.8 Å². The second-order valence-corrected chi connectivity index (χ2v) is 7.94. The lowest BCUT2D eigenvalue weighted by Gasteiger charge is -2.39. The summed E-state index contributed by atoms with van der Waals surface area (Å²) in [6.07, 6.45) is 0. The Balaban J connectivity index is 1.86. The van der Waals surface area contributed by atoms with Gasteiger partial charge in [0.2, 0.25) is 0 Å². The van der Waals surface area contributed by atoms with E-state index < -0.39 is 5.41 Å². The number of fused-ring (bicyclic) bond motifs is 9. The maximum absolute atomic E-state index is 6.29. The predicted octanol–water partition coefficient (Wildman–Crippen LogP) is 4.48. The molecule has 6 rings (SSSR count). The maximum atomic E-state index is 6.29. The molecule has 0 saturated heterocycles. The highest BCUT2D eigenvalue weighted by Gasteiger charge is 2.51. The van der Waals surface area contributed by atoms with Crippen LogP contribution in [0.2, 0.25) is 0 Å². The molecule has 4 aromatic rings. The van der Waals surface area contributed by atoms with Gasteiger partial charge in [-0.25, -0.2) is 0 Å². The van der Waals surface area contributed by atoms with Gasteiger partial charge < -0.3 is 27.7 Å². The van der Waals surface area contributed by atoms with E-state index in [1.165, 1.54) is 0 Å². The van der Waals surface area contributed by atoms with Gasteiger partial charge in [-0.3, -0.25) is 0 Å². The maximum Gasteiger partial charge on any atom is 0.134 e. The molecule has 1 heterocycles. The molecule has 5 heteroatoms. The third-order valence-corrected chi connectivity index (χ3v) is 6.29. The van der Waals surface area contributed by atoms with Crippen LogP contribution in [0.5, 0.6) is 11.5 Å². The van der Waals surface area contributed by atoms with E-state index in [9.17, 15) is 0 Å². The van der Waals surface area contributed by atoms with Crippen molar-refractivity contribution in [3.05, 3.63) is 95.1 Å². The van der Waals surface area contributed by atoms with Gasteiger partial charge >= 0.3 is 0 Å². The third kappa shape index (κ3) is 1.91. The molecule has 1 spiro atoms. The Labute approximate surface area is 173 Å². The molecule has 0 amide bonds. The second-order valence-electron chi connectivity index (χ2n) is 7.94. The van der Waals surface area contributed by atoms with Crippen molar-refractivity contribution in [3.8, 4) is 22.6 Å². The van der Waals surface area contributed by atoms with E-state index >= 15 is 0 Å². The van der Waals surface area contributed by atoms with Gasteiger partial charge in [-0.05, 0) is 58.7 Å². The van der Waals surface area contributed by atoms with E-state index in [-0.39, 0.29) is 0 Å². The van der Waals surface area contributed by atoms with Crippen LogP contribution in [0.25, 0.3) is 11.1 Å². The van der Waals surface area contributed by atoms with Gasteiger partial charge in [-0.2, -0.15) is 0 Å². The third-order valence-electron chi connectivity index (χ3n) is 6.29. The van der Waals surface area contributed by atoms with Crippen molar-refractivity contribution in [3.63, 3.8) is 0 Å². The number of rotatable bonds is 0. The number of ether oxygens (including phenoxy) is 1. The van der Waals surface area contributed by atoms with E-state index in [1.807, 2.05) is 48.5 Å². The van der Waals surface area contributed by atoms with Gasteiger partial charge in [0.05, 0.1) is 16.8 Å². The smallest absolute Gasteiger partial charge is 0.134 e. The number of benzene rings is 4. The monoisotopic (exact) mass is 392 g/mol. The van der Waals surface area contributed by atoms with Gasteiger partial charge in [0.1, 0.15) is 11.5 Å². The minimum Gasteiger partial charge on any atom is -0.457 e. The largest absolute Gasteiger partial charge is 0.457 e. The first-order valence-electron chi connectivity index (χ1n) is 9.77. The first-order valence-corrected chi connectivity index (χ1v) is 9.77. The van der Waals surface area contributed by atoms with Crippen LogP contribution < -0.4 is 27.7 Å². The summed E-state index contributed by atoms with van der Waals surface area (Å²) in [6, 6.07) is 23.9.